The van der Waals surface area contributed by atoms with Crippen LogP contribution in [0.3, 0.4) is 0 Å². The Kier molecular flexibility index (Phi) is 5.85. The Morgan fingerprint density at radius 1 is 1.05 bits per heavy atom. The van der Waals surface area contributed by atoms with Crippen molar-refractivity contribution in [2.75, 3.05) is 0 Å². The molecular formula is C15H22F3N. The molecule has 0 aliphatic carbocycles. The number of alkyl halides is 3. The number of halogens is 3. The number of nitrogens with two attached hydrogens (primary N) is 1. The molecule has 0 aromatic heterocycles. The highest BCUT2D eigenvalue weighted by Gasteiger charge is 2.29. The van der Waals surface area contributed by atoms with Gasteiger partial charge < -0.3 is 5.73 Å². The highest BCUT2D eigenvalue weighted by atomic mass is 19.4. The Labute approximate surface area is 113 Å². The first-order valence-electron chi connectivity index (χ1n) is 6.70. The Hall–Kier alpha value is -1.03. The standard InChI is InChI=1S/C15H22F3N/c1-11(2)4-3-5-14(19)10-12-6-8-13(9-7-12)15(16,17)18/h6-9,11,14H,3-5,10,19H2,1-2H3. The molecule has 1 unspecified atom stereocenters. The van der Waals surface area contributed by atoms with Gasteiger partial charge in [-0.15, -0.1) is 0 Å². The second-order valence-corrected chi connectivity index (χ2v) is 5.48. The first kappa shape index (κ1) is 16.0. The number of benzene rings is 1. The zero-order chi connectivity index (χ0) is 14.5. The average molecular weight is 273 g/mol. The Balaban J connectivity index is 2.44. The molecule has 1 aromatic carbocycles. The van der Waals surface area contributed by atoms with Crippen molar-refractivity contribution in [3.63, 3.8) is 0 Å². The van der Waals surface area contributed by atoms with Gasteiger partial charge >= 0.3 is 6.18 Å². The summed E-state index contributed by atoms with van der Waals surface area (Å²) in [5.41, 5.74) is 6.25. The highest BCUT2D eigenvalue weighted by Crippen LogP contribution is 2.29. The zero-order valence-electron chi connectivity index (χ0n) is 11.5. The third-order valence-corrected chi connectivity index (χ3v) is 3.14. The number of rotatable bonds is 6. The Morgan fingerprint density at radius 2 is 1.63 bits per heavy atom. The van der Waals surface area contributed by atoms with Crippen LogP contribution in [0.25, 0.3) is 0 Å². The van der Waals surface area contributed by atoms with Crippen LogP contribution >= 0.6 is 0 Å². The molecule has 1 nitrogen and oxygen atoms in total. The maximum absolute atomic E-state index is 12.4. The van der Waals surface area contributed by atoms with Crippen molar-refractivity contribution in [1.29, 1.82) is 0 Å². The van der Waals surface area contributed by atoms with Gasteiger partial charge in [-0.2, -0.15) is 13.2 Å². The van der Waals surface area contributed by atoms with E-state index in [2.05, 4.69) is 13.8 Å². The first-order chi connectivity index (χ1) is 8.79. The van der Waals surface area contributed by atoms with E-state index in [-0.39, 0.29) is 6.04 Å². The maximum atomic E-state index is 12.4. The molecule has 0 spiro atoms. The Morgan fingerprint density at radius 3 is 2.11 bits per heavy atom. The van der Waals surface area contributed by atoms with Gasteiger partial charge in [0.25, 0.3) is 0 Å². The van der Waals surface area contributed by atoms with Gasteiger partial charge in [0.05, 0.1) is 5.56 Å². The lowest BCUT2D eigenvalue weighted by Gasteiger charge is -2.13. The topological polar surface area (TPSA) is 26.0 Å². The van der Waals surface area contributed by atoms with Crippen LogP contribution in [0.4, 0.5) is 13.2 Å². The molecule has 0 saturated carbocycles. The molecule has 0 saturated heterocycles. The highest BCUT2D eigenvalue weighted by molar-refractivity contribution is 5.25. The fourth-order valence-corrected chi connectivity index (χ4v) is 2.02. The predicted octanol–water partition coefficient (Wildman–Crippen LogP) is 4.40. The molecule has 1 rings (SSSR count). The van der Waals surface area contributed by atoms with E-state index in [1.54, 1.807) is 0 Å². The molecule has 0 fully saturated rings. The lowest BCUT2D eigenvalue weighted by Crippen LogP contribution is -2.22. The fraction of sp³-hybridized carbons (Fsp3) is 0.600. The van der Waals surface area contributed by atoms with Gasteiger partial charge in [0.15, 0.2) is 0 Å². The normalized spacial score (nSPS) is 13.8. The van der Waals surface area contributed by atoms with Crippen LogP contribution in [0.5, 0.6) is 0 Å². The van der Waals surface area contributed by atoms with Gasteiger partial charge in [-0.05, 0) is 36.5 Å². The minimum Gasteiger partial charge on any atom is -0.327 e. The molecule has 0 radical (unpaired) electrons. The lowest BCUT2D eigenvalue weighted by molar-refractivity contribution is -0.137. The summed E-state index contributed by atoms with van der Waals surface area (Å²) in [5, 5.41) is 0. The second kappa shape index (κ2) is 6.94. The van der Waals surface area contributed by atoms with E-state index in [0.717, 1.165) is 37.0 Å². The smallest absolute Gasteiger partial charge is 0.327 e. The van der Waals surface area contributed by atoms with Crippen LogP contribution in [0.15, 0.2) is 24.3 Å². The summed E-state index contributed by atoms with van der Waals surface area (Å²) in [7, 11) is 0. The van der Waals surface area contributed by atoms with Crippen LogP contribution in [-0.4, -0.2) is 6.04 Å². The molecule has 19 heavy (non-hydrogen) atoms. The zero-order valence-corrected chi connectivity index (χ0v) is 11.5. The molecule has 0 aliphatic rings. The summed E-state index contributed by atoms with van der Waals surface area (Å²) in [6.07, 6.45) is -0.506. The van der Waals surface area contributed by atoms with Gasteiger partial charge in [0, 0.05) is 6.04 Å². The van der Waals surface area contributed by atoms with E-state index < -0.39 is 11.7 Å². The van der Waals surface area contributed by atoms with E-state index in [1.807, 2.05) is 0 Å². The van der Waals surface area contributed by atoms with Crippen molar-refractivity contribution in [1.82, 2.24) is 0 Å². The monoisotopic (exact) mass is 273 g/mol. The average Bonchev–Trinajstić information content (AvgIpc) is 2.27. The maximum Gasteiger partial charge on any atom is 0.416 e. The third-order valence-electron chi connectivity index (χ3n) is 3.14. The van der Waals surface area contributed by atoms with Crippen LogP contribution in [0, 0.1) is 5.92 Å². The van der Waals surface area contributed by atoms with Crippen molar-refractivity contribution in [3.05, 3.63) is 35.4 Å². The van der Waals surface area contributed by atoms with Crippen molar-refractivity contribution >= 4 is 0 Å². The molecule has 0 amide bonds. The summed E-state index contributed by atoms with van der Waals surface area (Å²) in [6, 6.07) is 5.30. The summed E-state index contributed by atoms with van der Waals surface area (Å²) >= 11 is 0. The van der Waals surface area contributed by atoms with Gasteiger partial charge in [-0.3, -0.25) is 0 Å². The molecule has 2 N–H and O–H groups in total. The molecule has 0 bridgehead atoms. The van der Waals surface area contributed by atoms with E-state index in [4.69, 9.17) is 5.73 Å². The molecule has 4 heteroatoms. The third kappa shape index (κ3) is 6.10. The molecular weight excluding hydrogens is 251 g/mol. The molecule has 0 heterocycles. The van der Waals surface area contributed by atoms with E-state index in [1.165, 1.54) is 12.1 Å². The van der Waals surface area contributed by atoms with E-state index in [0.29, 0.717) is 12.3 Å². The number of hydrogen-bond donors (Lipinski definition) is 1. The largest absolute Gasteiger partial charge is 0.416 e. The summed E-state index contributed by atoms with van der Waals surface area (Å²) in [6.45, 7) is 4.34. The van der Waals surface area contributed by atoms with E-state index >= 15 is 0 Å². The lowest BCUT2D eigenvalue weighted by atomic mass is 9.98. The summed E-state index contributed by atoms with van der Waals surface area (Å²) in [5.74, 6) is 0.665. The molecule has 1 atom stereocenters. The quantitative estimate of drug-likeness (QED) is 0.816. The van der Waals surface area contributed by atoms with Crippen molar-refractivity contribution < 1.29 is 13.2 Å². The first-order valence-corrected chi connectivity index (χ1v) is 6.70. The summed E-state index contributed by atoms with van der Waals surface area (Å²) in [4.78, 5) is 0. The van der Waals surface area contributed by atoms with Crippen LogP contribution in [0.1, 0.15) is 44.2 Å². The fourth-order valence-electron chi connectivity index (χ4n) is 2.02. The van der Waals surface area contributed by atoms with Crippen LogP contribution in [-0.2, 0) is 12.6 Å². The second-order valence-electron chi connectivity index (χ2n) is 5.48. The predicted molar refractivity (Wildman–Crippen MR) is 71.8 cm³/mol. The van der Waals surface area contributed by atoms with Crippen LogP contribution in [0.2, 0.25) is 0 Å². The van der Waals surface area contributed by atoms with Crippen molar-refractivity contribution in [2.24, 2.45) is 11.7 Å². The van der Waals surface area contributed by atoms with Crippen molar-refractivity contribution in [2.45, 2.75) is 51.7 Å². The van der Waals surface area contributed by atoms with E-state index in [9.17, 15) is 13.2 Å². The molecule has 0 aliphatic heterocycles. The summed E-state index contributed by atoms with van der Waals surface area (Å²) < 4.78 is 37.2. The van der Waals surface area contributed by atoms with Crippen molar-refractivity contribution in [3.8, 4) is 0 Å². The minimum absolute atomic E-state index is 0.0236. The number of hydrogen-bond acceptors (Lipinski definition) is 1. The van der Waals surface area contributed by atoms with Gasteiger partial charge in [-0.1, -0.05) is 38.8 Å². The molecule has 108 valence electrons. The molecule has 1 aromatic rings. The minimum atomic E-state index is -4.27. The van der Waals surface area contributed by atoms with Crippen LogP contribution < -0.4 is 5.73 Å². The SMILES string of the molecule is CC(C)CCCC(N)Cc1ccc(C(F)(F)F)cc1. The van der Waals surface area contributed by atoms with Gasteiger partial charge in [-0.25, -0.2) is 0 Å². The van der Waals surface area contributed by atoms with Gasteiger partial charge in [0.2, 0.25) is 0 Å². The Bertz CT molecular complexity index is 368. The van der Waals surface area contributed by atoms with Gasteiger partial charge in [0.1, 0.15) is 0 Å².